The average molecular weight is 288 g/mol. The molecule has 0 N–H and O–H groups in total. The second-order valence-electron chi connectivity index (χ2n) is 5.13. The molecule has 0 aromatic carbocycles. The lowest BCUT2D eigenvalue weighted by atomic mass is 10.0. The van der Waals surface area contributed by atoms with Crippen molar-refractivity contribution in [1.82, 2.24) is 0 Å². The lowest BCUT2D eigenvalue weighted by Crippen LogP contribution is -2.42. The lowest BCUT2D eigenvalue weighted by Gasteiger charge is -2.27. The first kappa shape index (κ1) is 18.7. The number of esters is 1. The van der Waals surface area contributed by atoms with Gasteiger partial charge < -0.3 is 14.2 Å². The van der Waals surface area contributed by atoms with Gasteiger partial charge in [-0.05, 0) is 34.6 Å². The monoisotopic (exact) mass is 288 g/mol. The molecule has 0 aliphatic heterocycles. The van der Waals surface area contributed by atoms with Crippen LogP contribution in [-0.2, 0) is 28.6 Å². The molecule has 2 unspecified atom stereocenters. The van der Waals surface area contributed by atoms with E-state index in [-0.39, 0.29) is 18.0 Å². The zero-order valence-electron chi connectivity index (χ0n) is 13.0. The van der Waals surface area contributed by atoms with Crippen molar-refractivity contribution in [3.8, 4) is 0 Å². The third-order valence-electron chi connectivity index (χ3n) is 2.87. The Morgan fingerprint density at radius 1 is 1.10 bits per heavy atom. The van der Waals surface area contributed by atoms with E-state index in [0.717, 1.165) is 0 Å². The van der Waals surface area contributed by atoms with E-state index in [2.05, 4.69) is 0 Å². The van der Waals surface area contributed by atoms with Gasteiger partial charge in [-0.25, -0.2) is 4.79 Å². The highest BCUT2D eigenvalue weighted by Crippen LogP contribution is 2.17. The third kappa shape index (κ3) is 6.25. The normalized spacial score (nSPS) is 14.5. The minimum Gasteiger partial charge on any atom is -0.453 e. The van der Waals surface area contributed by atoms with Crippen LogP contribution in [-0.4, -0.2) is 49.1 Å². The summed E-state index contributed by atoms with van der Waals surface area (Å²) in [5, 5.41) is 0. The van der Waals surface area contributed by atoms with Gasteiger partial charge in [0, 0.05) is 13.5 Å². The highest BCUT2D eigenvalue weighted by atomic mass is 16.6. The molecule has 0 aromatic rings. The van der Waals surface area contributed by atoms with Gasteiger partial charge in [-0.2, -0.15) is 0 Å². The summed E-state index contributed by atoms with van der Waals surface area (Å²) < 4.78 is 15.2. The maximum atomic E-state index is 11.9. The fourth-order valence-corrected chi connectivity index (χ4v) is 1.40. The number of methoxy groups -OCH3 is 1. The minimum absolute atomic E-state index is 0.168. The van der Waals surface area contributed by atoms with E-state index >= 15 is 0 Å². The van der Waals surface area contributed by atoms with Crippen LogP contribution in [0.1, 0.15) is 41.0 Å². The van der Waals surface area contributed by atoms with Gasteiger partial charge in [-0.15, -0.1) is 0 Å². The Labute approximate surface area is 119 Å². The van der Waals surface area contributed by atoms with Gasteiger partial charge in [0.15, 0.2) is 23.8 Å². The second kappa shape index (κ2) is 8.11. The molecule has 20 heavy (non-hydrogen) atoms. The second-order valence-corrected chi connectivity index (χ2v) is 5.13. The molecule has 0 saturated heterocycles. The van der Waals surface area contributed by atoms with Crippen molar-refractivity contribution in [1.29, 1.82) is 0 Å². The molecule has 0 heterocycles. The molecule has 0 fully saturated rings. The SMILES string of the molecule is COCCC(=O)C(C)(C)OC(C)C(=O)OC(C)C(C)=O. The smallest absolute Gasteiger partial charge is 0.335 e. The molecule has 0 aliphatic carbocycles. The van der Waals surface area contributed by atoms with Crippen molar-refractivity contribution in [3.05, 3.63) is 0 Å². The maximum Gasteiger partial charge on any atom is 0.335 e. The molecule has 2 atom stereocenters. The molecule has 0 rings (SSSR count). The van der Waals surface area contributed by atoms with Gasteiger partial charge in [0.05, 0.1) is 6.61 Å². The number of carbonyl (C=O) groups is 3. The van der Waals surface area contributed by atoms with Crippen molar-refractivity contribution in [2.24, 2.45) is 0 Å². The van der Waals surface area contributed by atoms with Gasteiger partial charge in [-0.3, -0.25) is 9.59 Å². The molecule has 116 valence electrons. The summed E-state index contributed by atoms with van der Waals surface area (Å²) in [5.41, 5.74) is -1.11. The first-order chi connectivity index (χ1) is 9.11. The Balaban J connectivity index is 4.49. The van der Waals surface area contributed by atoms with Gasteiger partial charge in [0.25, 0.3) is 0 Å². The first-order valence-corrected chi connectivity index (χ1v) is 6.52. The van der Waals surface area contributed by atoms with Crippen LogP contribution in [0.15, 0.2) is 0 Å². The van der Waals surface area contributed by atoms with Crippen LogP contribution in [0.5, 0.6) is 0 Å². The topological polar surface area (TPSA) is 78.9 Å². The van der Waals surface area contributed by atoms with E-state index in [0.29, 0.717) is 6.61 Å². The van der Waals surface area contributed by atoms with Crippen molar-refractivity contribution in [3.63, 3.8) is 0 Å². The summed E-state index contributed by atoms with van der Waals surface area (Å²) in [6.07, 6.45) is -1.55. The van der Waals surface area contributed by atoms with Gasteiger partial charge in [0.1, 0.15) is 5.60 Å². The number of hydrogen-bond acceptors (Lipinski definition) is 6. The summed E-state index contributed by atoms with van der Waals surface area (Å²) in [6.45, 7) is 7.78. The van der Waals surface area contributed by atoms with Crippen LogP contribution in [0.2, 0.25) is 0 Å². The number of ether oxygens (including phenoxy) is 3. The van der Waals surface area contributed by atoms with E-state index in [1.54, 1.807) is 13.8 Å². The molecular formula is C14H24O6. The predicted octanol–water partition coefficient (Wildman–Crippen LogP) is 1.30. The van der Waals surface area contributed by atoms with Crippen molar-refractivity contribution in [2.45, 2.75) is 58.8 Å². The van der Waals surface area contributed by atoms with E-state index in [1.165, 1.54) is 27.9 Å². The predicted molar refractivity (Wildman–Crippen MR) is 72.4 cm³/mol. The Morgan fingerprint density at radius 3 is 2.10 bits per heavy atom. The Hall–Kier alpha value is -1.27. The van der Waals surface area contributed by atoms with Gasteiger partial charge >= 0.3 is 5.97 Å². The quantitative estimate of drug-likeness (QED) is 0.595. The van der Waals surface area contributed by atoms with Crippen LogP contribution < -0.4 is 0 Å². The summed E-state index contributed by atoms with van der Waals surface area (Å²) in [7, 11) is 1.50. The molecule has 0 radical (unpaired) electrons. The van der Waals surface area contributed by atoms with Crippen molar-refractivity contribution in [2.75, 3.05) is 13.7 Å². The molecule has 6 nitrogen and oxygen atoms in total. The van der Waals surface area contributed by atoms with E-state index in [9.17, 15) is 14.4 Å². The van der Waals surface area contributed by atoms with Crippen LogP contribution in [0.4, 0.5) is 0 Å². The van der Waals surface area contributed by atoms with Crippen LogP contribution >= 0.6 is 0 Å². The number of Topliss-reactive ketones (excluding diaryl/α,β-unsaturated/α-hetero) is 2. The van der Waals surface area contributed by atoms with Gasteiger partial charge in [-0.1, -0.05) is 0 Å². The third-order valence-corrected chi connectivity index (χ3v) is 2.87. The summed E-state index contributed by atoms with van der Waals surface area (Å²) >= 11 is 0. The standard InChI is InChI=1S/C14H24O6/c1-9(15)10(2)19-13(17)11(3)20-14(4,5)12(16)7-8-18-6/h10-11H,7-8H2,1-6H3. The molecule has 0 bridgehead atoms. The molecule has 0 spiro atoms. The van der Waals surface area contributed by atoms with E-state index < -0.39 is 23.8 Å². The molecule has 0 aromatic heterocycles. The largest absolute Gasteiger partial charge is 0.453 e. The first-order valence-electron chi connectivity index (χ1n) is 6.52. The molecule has 0 saturated carbocycles. The molecule has 0 aliphatic rings. The minimum atomic E-state index is -1.11. The number of hydrogen-bond donors (Lipinski definition) is 0. The Kier molecular flexibility index (Phi) is 7.60. The van der Waals surface area contributed by atoms with Crippen LogP contribution in [0, 0.1) is 0 Å². The van der Waals surface area contributed by atoms with Crippen LogP contribution in [0.25, 0.3) is 0 Å². The highest BCUT2D eigenvalue weighted by molar-refractivity contribution is 5.87. The molecule has 6 heteroatoms. The fraction of sp³-hybridized carbons (Fsp3) is 0.786. The molecular weight excluding hydrogens is 264 g/mol. The van der Waals surface area contributed by atoms with E-state index in [1.807, 2.05) is 0 Å². The zero-order valence-corrected chi connectivity index (χ0v) is 13.0. The maximum absolute atomic E-state index is 11.9. The zero-order chi connectivity index (χ0) is 15.9. The molecule has 0 amide bonds. The van der Waals surface area contributed by atoms with Crippen molar-refractivity contribution < 1.29 is 28.6 Å². The Morgan fingerprint density at radius 2 is 1.65 bits per heavy atom. The number of rotatable bonds is 9. The summed E-state index contributed by atoms with van der Waals surface area (Å²) in [4.78, 5) is 34.7. The average Bonchev–Trinajstić information content (AvgIpc) is 2.34. The number of ketones is 2. The van der Waals surface area contributed by atoms with E-state index in [4.69, 9.17) is 14.2 Å². The summed E-state index contributed by atoms with van der Waals surface area (Å²) in [5.74, 6) is -1.08. The lowest BCUT2D eigenvalue weighted by molar-refractivity contribution is -0.175. The number of carbonyl (C=O) groups excluding carboxylic acids is 3. The fourth-order valence-electron chi connectivity index (χ4n) is 1.40. The van der Waals surface area contributed by atoms with Crippen LogP contribution in [0.3, 0.4) is 0 Å². The highest BCUT2D eigenvalue weighted by Gasteiger charge is 2.33. The Bertz CT molecular complexity index is 361. The van der Waals surface area contributed by atoms with Crippen molar-refractivity contribution >= 4 is 17.5 Å². The summed E-state index contributed by atoms with van der Waals surface area (Å²) in [6, 6.07) is 0. The van der Waals surface area contributed by atoms with Gasteiger partial charge in [0.2, 0.25) is 0 Å².